The second-order valence-corrected chi connectivity index (χ2v) is 7.11. The summed E-state index contributed by atoms with van der Waals surface area (Å²) in [5.74, 6) is -0.121. The van der Waals surface area contributed by atoms with Crippen LogP contribution in [0, 0.1) is 0 Å². The van der Waals surface area contributed by atoms with E-state index in [4.69, 9.17) is 0 Å². The van der Waals surface area contributed by atoms with Crippen molar-refractivity contribution in [2.24, 2.45) is 0 Å². The molecule has 6 heteroatoms. The third kappa shape index (κ3) is 3.92. The third-order valence-electron chi connectivity index (χ3n) is 4.72. The molecule has 29 heavy (non-hydrogen) atoms. The molecule has 0 atom stereocenters. The van der Waals surface area contributed by atoms with Crippen LogP contribution in [-0.2, 0) is 0 Å². The first kappa shape index (κ1) is 18.9. The number of carbonyl (C=O) groups is 1. The van der Waals surface area contributed by atoms with Crippen LogP contribution >= 0.6 is 0 Å². The fraction of sp³-hybridized carbons (Fsp3) is 0.174. The molecule has 4 rings (SSSR count). The van der Waals surface area contributed by atoms with Crippen molar-refractivity contribution in [1.82, 2.24) is 0 Å². The Hall–Kier alpha value is -3.41. The van der Waals surface area contributed by atoms with Crippen molar-refractivity contribution < 1.29 is 23.0 Å². The van der Waals surface area contributed by atoms with Crippen LogP contribution < -0.4 is 14.8 Å². The fourth-order valence-corrected chi connectivity index (χ4v) is 3.21. The van der Waals surface area contributed by atoms with E-state index in [-0.39, 0.29) is 17.4 Å². The number of nitrogens with one attached hydrogen (secondary N) is 1. The summed E-state index contributed by atoms with van der Waals surface area (Å²) in [7, 11) is 0. The number of halogens is 2. The minimum atomic E-state index is -3.69. The van der Waals surface area contributed by atoms with Gasteiger partial charge in [0.2, 0.25) is 0 Å². The molecule has 0 saturated heterocycles. The number of fused-ring (bicyclic) bond motifs is 1. The Bertz CT molecular complexity index is 1060. The highest BCUT2D eigenvalue weighted by Crippen LogP contribution is 2.42. The van der Waals surface area contributed by atoms with Crippen LogP contribution in [0.15, 0.2) is 66.7 Å². The van der Waals surface area contributed by atoms with Crippen molar-refractivity contribution in [3.63, 3.8) is 0 Å². The van der Waals surface area contributed by atoms with Crippen LogP contribution in [0.4, 0.5) is 14.5 Å². The Morgan fingerprint density at radius 3 is 2.34 bits per heavy atom. The van der Waals surface area contributed by atoms with Gasteiger partial charge in [-0.2, -0.15) is 0 Å². The van der Waals surface area contributed by atoms with E-state index in [0.717, 1.165) is 11.1 Å². The lowest BCUT2D eigenvalue weighted by atomic mass is 9.95. The SMILES string of the molecule is CC(C)c1ccc(-c2ccccc2C(=O)Nc2ccc3c(c2)OC(F)(F)O3)cc1. The molecule has 0 aromatic heterocycles. The number of anilines is 1. The normalized spacial score (nSPS) is 14.1. The summed E-state index contributed by atoms with van der Waals surface area (Å²) in [6.07, 6.45) is -3.69. The fourth-order valence-electron chi connectivity index (χ4n) is 3.21. The van der Waals surface area contributed by atoms with E-state index in [1.807, 2.05) is 36.4 Å². The van der Waals surface area contributed by atoms with Gasteiger partial charge < -0.3 is 14.8 Å². The summed E-state index contributed by atoms with van der Waals surface area (Å²) in [5.41, 5.74) is 3.73. The molecule has 0 aliphatic carbocycles. The largest absolute Gasteiger partial charge is 0.586 e. The van der Waals surface area contributed by atoms with Gasteiger partial charge in [-0.1, -0.05) is 56.3 Å². The average molecular weight is 395 g/mol. The Morgan fingerprint density at radius 2 is 1.62 bits per heavy atom. The lowest BCUT2D eigenvalue weighted by molar-refractivity contribution is -0.286. The highest BCUT2D eigenvalue weighted by molar-refractivity contribution is 6.08. The molecule has 0 spiro atoms. The van der Waals surface area contributed by atoms with Crippen molar-refractivity contribution >= 4 is 11.6 Å². The second kappa shape index (κ2) is 7.20. The smallest absolute Gasteiger partial charge is 0.395 e. The van der Waals surface area contributed by atoms with Crippen LogP contribution in [0.5, 0.6) is 11.5 Å². The summed E-state index contributed by atoms with van der Waals surface area (Å²) in [5, 5.41) is 2.74. The van der Waals surface area contributed by atoms with Gasteiger partial charge in [-0.25, -0.2) is 0 Å². The van der Waals surface area contributed by atoms with E-state index >= 15 is 0 Å². The molecule has 3 aromatic rings. The van der Waals surface area contributed by atoms with Crippen LogP contribution in [0.3, 0.4) is 0 Å². The van der Waals surface area contributed by atoms with E-state index in [2.05, 4.69) is 28.6 Å². The molecule has 0 unspecified atom stereocenters. The van der Waals surface area contributed by atoms with Gasteiger partial charge in [-0.05, 0) is 40.8 Å². The van der Waals surface area contributed by atoms with Gasteiger partial charge in [0, 0.05) is 17.3 Å². The predicted octanol–water partition coefficient (Wildman–Crippen LogP) is 6.05. The molecule has 1 aliphatic rings. The summed E-state index contributed by atoms with van der Waals surface area (Å²) in [6, 6.07) is 19.5. The summed E-state index contributed by atoms with van der Waals surface area (Å²) < 4.78 is 35.2. The van der Waals surface area contributed by atoms with Gasteiger partial charge in [-0.3, -0.25) is 4.79 Å². The number of hydrogen-bond acceptors (Lipinski definition) is 3. The van der Waals surface area contributed by atoms with Gasteiger partial charge in [0.15, 0.2) is 11.5 Å². The van der Waals surface area contributed by atoms with Crippen LogP contribution in [0.2, 0.25) is 0 Å². The quantitative estimate of drug-likeness (QED) is 0.585. The zero-order valence-electron chi connectivity index (χ0n) is 15.9. The maximum atomic E-state index is 13.2. The number of amides is 1. The van der Waals surface area contributed by atoms with Crippen LogP contribution in [-0.4, -0.2) is 12.2 Å². The Balaban J connectivity index is 1.59. The molecule has 1 amide bonds. The Kier molecular flexibility index (Phi) is 4.70. The molecular formula is C23H19F2NO3. The highest BCUT2D eigenvalue weighted by Gasteiger charge is 2.43. The number of rotatable bonds is 4. The molecule has 0 radical (unpaired) electrons. The number of alkyl halides is 2. The van der Waals surface area contributed by atoms with Crippen molar-refractivity contribution in [3.8, 4) is 22.6 Å². The maximum absolute atomic E-state index is 13.2. The van der Waals surface area contributed by atoms with E-state index < -0.39 is 6.29 Å². The molecule has 3 aromatic carbocycles. The molecule has 148 valence electrons. The first-order valence-corrected chi connectivity index (χ1v) is 9.23. The van der Waals surface area contributed by atoms with Gasteiger partial charge in [-0.15, -0.1) is 8.78 Å². The molecule has 0 fully saturated rings. The zero-order chi connectivity index (χ0) is 20.6. The summed E-state index contributed by atoms with van der Waals surface area (Å²) >= 11 is 0. The average Bonchev–Trinajstić information content (AvgIpc) is 3.01. The molecule has 1 heterocycles. The molecule has 0 bridgehead atoms. The van der Waals surface area contributed by atoms with Crippen LogP contribution in [0.25, 0.3) is 11.1 Å². The zero-order valence-corrected chi connectivity index (χ0v) is 15.9. The molecule has 1 N–H and O–H groups in total. The second-order valence-electron chi connectivity index (χ2n) is 7.11. The van der Waals surface area contributed by atoms with Gasteiger partial charge >= 0.3 is 6.29 Å². The number of ether oxygens (including phenoxy) is 2. The van der Waals surface area contributed by atoms with Crippen molar-refractivity contribution in [2.45, 2.75) is 26.1 Å². The number of benzene rings is 3. The minimum absolute atomic E-state index is 0.0707. The van der Waals surface area contributed by atoms with E-state index in [9.17, 15) is 13.6 Å². The molecular weight excluding hydrogens is 376 g/mol. The third-order valence-corrected chi connectivity index (χ3v) is 4.72. The first-order chi connectivity index (χ1) is 13.8. The topological polar surface area (TPSA) is 47.6 Å². The van der Waals surface area contributed by atoms with E-state index in [0.29, 0.717) is 17.2 Å². The van der Waals surface area contributed by atoms with E-state index in [1.54, 1.807) is 12.1 Å². The lowest BCUT2D eigenvalue weighted by Gasteiger charge is -2.12. The standard InChI is InChI=1S/C23H19F2NO3/c1-14(2)15-7-9-16(10-8-15)18-5-3-4-6-19(18)22(27)26-17-11-12-20-21(13-17)29-23(24,25)28-20/h3-14H,1-2H3,(H,26,27). The minimum Gasteiger partial charge on any atom is -0.395 e. The van der Waals surface area contributed by atoms with Crippen molar-refractivity contribution in [3.05, 3.63) is 77.9 Å². The first-order valence-electron chi connectivity index (χ1n) is 9.23. The van der Waals surface area contributed by atoms with Crippen molar-refractivity contribution in [2.75, 3.05) is 5.32 Å². The van der Waals surface area contributed by atoms with Gasteiger partial charge in [0.05, 0.1) is 0 Å². The molecule has 4 nitrogen and oxygen atoms in total. The van der Waals surface area contributed by atoms with Gasteiger partial charge in [0.25, 0.3) is 5.91 Å². The van der Waals surface area contributed by atoms with Gasteiger partial charge in [0.1, 0.15) is 0 Å². The predicted molar refractivity (Wildman–Crippen MR) is 107 cm³/mol. The molecule has 0 saturated carbocycles. The number of hydrogen-bond donors (Lipinski definition) is 1. The summed E-state index contributed by atoms with van der Waals surface area (Å²) in [6.45, 7) is 4.25. The number of carbonyl (C=O) groups excluding carboxylic acids is 1. The highest BCUT2D eigenvalue weighted by atomic mass is 19.3. The maximum Gasteiger partial charge on any atom is 0.586 e. The van der Waals surface area contributed by atoms with E-state index in [1.165, 1.54) is 23.8 Å². The monoisotopic (exact) mass is 395 g/mol. The Morgan fingerprint density at radius 1 is 0.931 bits per heavy atom. The molecule has 1 aliphatic heterocycles. The Labute approximate surface area is 167 Å². The van der Waals surface area contributed by atoms with Crippen molar-refractivity contribution in [1.29, 1.82) is 0 Å². The van der Waals surface area contributed by atoms with Crippen LogP contribution in [0.1, 0.15) is 35.7 Å². The lowest BCUT2D eigenvalue weighted by Crippen LogP contribution is -2.25. The summed E-state index contributed by atoms with van der Waals surface area (Å²) in [4.78, 5) is 12.9.